The van der Waals surface area contributed by atoms with Crippen molar-refractivity contribution in [3.8, 4) is 0 Å². The molecule has 1 fully saturated rings. The molecule has 0 bridgehead atoms. The topological polar surface area (TPSA) is 55.0 Å². The van der Waals surface area contributed by atoms with Gasteiger partial charge in [-0.1, -0.05) is 6.92 Å². The number of likely N-dealkylation sites (tertiary alicyclic amines) is 1. The number of aromatic nitrogens is 2. The zero-order valence-corrected chi connectivity index (χ0v) is 10.7. The summed E-state index contributed by atoms with van der Waals surface area (Å²) in [5.74, 6) is 0. The van der Waals surface area contributed by atoms with Crippen molar-refractivity contribution >= 4 is 0 Å². The second-order valence-electron chi connectivity index (χ2n) is 4.82. The summed E-state index contributed by atoms with van der Waals surface area (Å²) in [5, 5.41) is 0. The zero-order chi connectivity index (χ0) is 12.3. The van der Waals surface area contributed by atoms with Crippen molar-refractivity contribution in [2.45, 2.75) is 51.2 Å². The Morgan fingerprint density at radius 3 is 2.94 bits per heavy atom. The van der Waals surface area contributed by atoms with Crippen LogP contribution in [0.1, 0.15) is 44.8 Å². The van der Waals surface area contributed by atoms with Gasteiger partial charge in [0, 0.05) is 24.8 Å². The van der Waals surface area contributed by atoms with E-state index in [1.54, 1.807) is 12.5 Å². The highest BCUT2D eigenvalue weighted by Crippen LogP contribution is 2.33. The van der Waals surface area contributed by atoms with E-state index in [0.29, 0.717) is 18.6 Å². The Morgan fingerprint density at radius 1 is 1.53 bits per heavy atom. The average molecular weight is 234 g/mol. The highest BCUT2D eigenvalue weighted by Gasteiger charge is 2.35. The molecule has 0 aliphatic carbocycles. The Hall–Kier alpha value is -1.00. The van der Waals surface area contributed by atoms with E-state index in [0.717, 1.165) is 5.69 Å². The van der Waals surface area contributed by atoms with E-state index in [1.165, 1.54) is 19.3 Å². The summed E-state index contributed by atoms with van der Waals surface area (Å²) in [5.41, 5.74) is 7.01. The second-order valence-corrected chi connectivity index (χ2v) is 4.82. The van der Waals surface area contributed by atoms with Crippen LogP contribution in [0.25, 0.3) is 0 Å². The van der Waals surface area contributed by atoms with Gasteiger partial charge in [0.2, 0.25) is 0 Å². The summed E-state index contributed by atoms with van der Waals surface area (Å²) in [7, 11) is 0. The van der Waals surface area contributed by atoms with E-state index < -0.39 is 0 Å². The van der Waals surface area contributed by atoms with Gasteiger partial charge in [0.25, 0.3) is 0 Å². The van der Waals surface area contributed by atoms with E-state index in [-0.39, 0.29) is 6.04 Å². The van der Waals surface area contributed by atoms with Gasteiger partial charge in [-0.2, -0.15) is 0 Å². The van der Waals surface area contributed by atoms with Crippen molar-refractivity contribution in [3.63, 3.8) is 0 Å². The highest BCUT2D eigenvalue weighted by molar-refractivity contribution is 5.08. The molecule has 1 aliphatic heterocycles. The summed E-state index contributed by atoms with van der Waals surface area (Å²) in [6.07, 6.45) is 7.14. The largest absolute Gasteiger partial charge is 0.329 e. The Morgan fingerprint density at radius 2 is 2.35 bits per heavy atom. The van der Waals surface area contributed by atoms with Crippen LogP contribution in [0.5, 0.6) is 0 Å². The van der Waals surface area contributed by atoms with Crippen molar-refractivity contribution in [3.05, 3.63) is 24.3 Å². The van der Waals surface area contributed by atoms with E-state index in [4.69, 9.17) is 5.73 Å². The Labute approximate surface area is 103 Å². The highest BCUT2D eigenvalue weighted by atomic mass is 15.2. The quantitative estimate of drug-likeness (QED) is 0.862. The minimum Gasteiger partial charge on any atom is -0.329 e. The lowest BCUT2D eigenvalue weighted by molar-refractivity contribution is 0.134. The normalized spacial score (nSPS) is 27.2. The lowest BCUT2D eigenvalue weighted by Crippen LogP contribution is -2.41. The third-order valence-corrected chi connectivity index (χ3v) is 3.85. The van der Waals surface area contributed by atoms with E-state index in [9.17, 15) is 0 Å². The number of nitrogens with zero attached hydrogens (tertiary/aromatic N) is 3. The molecular formula is C13H22N4. The monoisotopic (exact) mass is 234 g/mol. The summed E-state index contributed by atoms with van der Waals surface area (Å²) >= 11 is 0. The number of rotatable bonds is 4. The summed E-state index contributed by atoms with van der Waals surface area (Å²) in [6, 6.07) is 3.47. The molecule has 0 amide bonds. The number of hydrogen-bond acceptors (Lipinski definition) is 4. The van der Waals surface area contributed by atoms with Gasteiger partial charge in [-0.15, -0.1) is 0 Å². The molecule has 4 nitrogen and oxygen atoms in total. The van der Waals surface area contributed by atoms with Crippen molar-refractivity contribution < 1.29 is 0 Å². The first-order chi connectivity index (χ1) is 8.27. The zero-order valence-electron chi connectivity index (χ0n) is 10.7. The minimum absolute atomic E-state index is 0.237. The van der Waals surface area contributed by atoms with E-state index >= 15 is 0 Å². The predicted molar refractivity (Wildman–Crippen MR) is 68.4 cm³/mol. The lowest BCUT2D eigenvalue weighted by atomic mass is 10.1. The van der Waals surface area contributed by atoms with Gasteiger partial charge >= 0.3 is 0 Å². The van der Waals surface area contributed by atoms with Crippen LogP contribution in [0.2, 0.25) is 0 Å². The Kier molecular flexibility index (Phi) is 4.07. The molecule has 2 rings (SSSR count). The fraction of sp³-hybridized carbons (Fsp3) is 0.692. The van der Waals surface area contributed by atoms with Crippen molar-refractivity contribution in [1.29, 1.82) is 0 Å². The SMILES string of the molecule is CCC1CCC(C)N1C(CN)c1ccncn1. The van der Waals surface area contributed by atoms with Crippen LogP contribution in [0.15, 0.2) is 18.6 Å². The fourth-order valence-electron chi connectivity index (χ4n) is 2.96. The number of hydrogen-bond donors (Lipinski definition) is 1. The lowest BCUT2D eigenvalue weighted by Gasteiger charge is -2.34. The van der Waals surface area contributed by atoms with Crippen LogP contribution < -0.4 is 5.73 Å². The molecule has 1 aromatic heterocycles. The number of nitrogens with two attached hydrogens (primary N) is 1. The molecule has 0 aromatic carbocycles. The smallest absolute Gasteiger partial charge is 0.115 e. The molecule has 0 radical (unpaired) electrons. The first-order valence-electron chi connectivity index (χ1n) is 6.51. The molecule has 0 saturated carbocycles. The Balaban J connectivity index is 2.23. The molecule has 17 heavy (non-hydrogen) atoms. The summed E-state index contributed by atoms with van der Waals surface area (Å²) in [4.78, 5) is 10.9. The van der Waals surface area contributed by atoms with Crippen LogP contribution in [-0.4, -0.2) is 33.5 Å². The third kappa shape index (κ3) is 2.48. The van der Waals surface area contributed by atoms with Gasteiger partial charge in [-0.05, 0) is 32.3 Å². The molecule has 2 heterocycles. The molecule has 1 aromatic rings. The maximum atomic E-state index is 5.96. The van der Waals surface area contributed by atoms with Gasteiger partial charge in [0.15, 0.2) is 0 Å². The summed E-state index contributed by atoms with van der Waals surface area (Å²) < 4.78 is 0. The van der Waals surface area contributed by atoms with Crippen molar-refractivity contribution in [2.75, 3.05) is 6.54 Å². The fourth-order valence-corrected chi connectivity index (χ4v) is 2.96. The standard InChI is InChI=1S/C13H22N4/c1-3-11-5-4-10(2)17(11)13(8-14)12-6-7-15-9-16-12/h6-7,9-11,13H,3-5,8,14H2,1-2H3. The van der Waals surface area contributed by atoms with Crippen LogP contribution in [-0.2, 0) is 0 Å². The molecule has 0 spiro atoms. The molecule has 4 heteroatoms. The molecule has 3 unspecified atom stereocenters. The van der Waals surface area contributed by atoms with Crippen LogP contribution in [0.4, 0.5) is 0 Å². The van der Waals surface area contributed by atoms with Crippen molar-refractivity contribution in [1.82, 2.24) is 14.9 Å². The average Bonchev–Trinajstić information content (AvgIpc) is 2.74. The van der Waals surface area contributed by atoms with Crippen LogP contribution in [0, 0.1) is 0 Å². The van der Waals surface area contributed by atoms with Gasteiger partial charge in [-0.3, -0.25) is 4.90 Å². The predicted octanol–water partition coefficient (Wildman–Crippen LogP) is 1.74. The molecular weight excluding hydrogens is 212 g/mol. The van der Waals surface area contributed by atoms with Crippen LogP contribution in [0.3, 0.4) is 0 Å². The van der Waals surface area contributed by atoms with Gasteiger partial charge in [0.1, 0.15) is 6.33 Å². The summed E-state index contributed by atoms with van der Waals surface area (Å²) in [6.45, 7) is 5.17. The maximum Gasteiger partial charge on any atom is 0.115 e. The molecule has 1 aliphatic rings. The van der Waals surface area contributed by atoms with Gasteiger partial charge in [0.05, 0.1) is 11.7 Å². The molecule has 94 valence electrons. The Bertz CT molecular complexity index is 341. The molecule has 2 N–H and O–H groups in total. The first-order valence-corrected chi connectivity index (χ1v) is 6.51. The van der Waals surface area contributed by atoms with E-state index in [2.05, 4.69) is 28.7 Å². The molecule has 3 atom stereocenters. The molecule has 1 saturated heterocycles. The van der Waals surface area contributed by atoms with Crippen molar-refractivity contribution in [2.24, 2.45) is 5.73 Å². The van der Waals surface area contributed by atoms with Gasteiger partial charge in [-0.25, -0.2) is 9.97 Å². The third-order valence-electron chi connectivity index (χ3n) is 3.85. The minimum atomic E-state index is 0.237. The van der Waals surface area contributed by atoms with Crippen LogP contribution >= 0.6 is 0 Å². The van der Waals surface area contributed by atoms with E-state index in [1.807, 2.05) is 6.07 Å². The van der Waals surface area contributed by atoms with Gasteiger partial charge < -0.3 is 5.73 Å². The first kappa shape index (κ1) is 12.5. The second kappa shape index (κ2) is 5.56. The maximum absolute atomic E-state index is 5.96.